The van der Waals surface area contributed by atoms with Gasteiger partial charge in [0.05, 0.1) is 23.5 Å². The molecule has 1 aliphatic carbocycles. The van der Waals surface area contributed by atoms with Crippen LogP contribution in [0.3, 0.4) is 0 Å². The number of aliphatic hydroxyl groups excluding tert-OH is 2. The van der Waals surface area contributed by atoms with Crippen molar-refractivity contribution in [1.82, 2.24) is 25.0 Å². The average molecular weight is 549 g/mol. The van der Waals surface area contributed by atoms with Crippen molar-refractivity contribution in [2.24, 2.45) is 11.8 Å². The molecule has 1 saturated heterocycles. The Morgan fingerprint density at radius 3 is 2.64 bits per heavy atom. The van der Waals surface area contributed by atoms with Crippen molar-refractivity contribution in [3.05, 3.63) is 83.7 Å². The van der Waals surface area contributed by atoms with Gasteiger partial charge in [-0.3, -0.25) is 9.59 Å². The zero-order valence-electron chi connectivity index (χ0n) is 21.7. The van der Waals surface area contributed by atoms with E-state index in [1.54, 1.807) is 22.7 Å². The number of aromatic nitrogens is 3. The van der Waals surface area contributed by atoms with Crippen molar-refractivity contribution in [2.45, 2.75) is 38.1 Å². The fourth-order valence-electron chi connectivity index (χ4n) is 5.15. The summed E-state index contributed by atoms with van der Waals surface area (Å²) in [6.45, 7) is 4.83. The molecule has 4 N–H and O–H groups in total. The van der Waals surface area contributed by atoms with Gasteiger partial charge in [-0.2, -0.15) is 5.10 Å². The topological polar surface area (TPSA) is 133 Å². The van der Waals surface area contributed by atoms with Crippen LogP contribution in [-0.2, 0) is 9.59 Å². The van der Waals surface area contributed by atoms with E-state index in [1.165, 1.54) is 11.3 Å². The molecule has 2 aromatic heterocycles. The summed E-state index contributed by atoms with van der Waals surface area (Å²) >= 11 is 1.46. The molecule has 1 aliphatic heterocycles. The molecule has 204 valence electrons. The zero-order chi connectivity index (χ0) is 27.5. The lowest BCUT2D eigenvalue weighted by Crippen LogP contribution is -2.51. The number of rotatable bonds is 9. The van der Waals surface area contributed by atoms with Crippen LogP contribution in [0.4, 0.5) is 5.13 Å². The molecule has 2 unspecified atom stereocenters. The molecule has 0 saturated carbocycles. The summed E-state index contributed by atoms with van der Waals surface area (Å²) in [7, 11) is 0. The second-order valence-corrected chi connectivity index (χ2v) is 10.6. The third-order valence-electron chi connectivity index (χ3n) is 7.18. The number of hydrogen-bond acceptors (Lipinski definition) is 8. The number of nitrogens with one attached hydrogen (secondary N) is 2. The molecule has 1 aromatic carbocycles. The molecule has 0 spiro atoms. The smallest absolute Gasteiger partial charge is 0.255 e. The highest BCUT2D eigenvalue weighted by molar-refractivity contribution is 7.13. The number of nitrogens with zero attached hydrogens (tertiary/aromatic N) is 4. The second-order valence-electron chi connectivity index (χ2n) is 9.72. The molecule has 3 aromatic rings. The monoisotopic (exact) mass is 548 g/mol. The highest BCUT2D eigenvalue weighted by atomic mass is 32.1. The summed E-state index contributed by atoms with van der Waals surface area (Å²) in [5, 5.41) is 34.3. The summed E-state index contributed by atoms with van der Waals surface area (Å²) in [6, 6.07) is 8.40. The number of anilines is 1. The molecule has 10 nitrogen and oxygen atoms in total. The fourth-order valence-corrected chi connectivity index (χ4v) is 5.96. The van der Waals surface area contributed by atoms with Crippen molar-refractivity contribution >= 4 is 28.3 Å². The van der Waals surface area contributed by atoms with Crippen LogP contribution >= 0.6 is 11.3 Å². The lowest BCUT2D eigenvalue weighted by molar-refractivity contribution is -0.154. The summed E-state index contributed by atoms with van der Waals surface area (Å²) < 4.78 is 1.72. The van der Waals surface area contributed by atoms with E-state index in [9.17, 15) is 19.8 Å². The van der Waals surface area contributed by atoms with Crippen molar-refractivity contribution in [1.29, 1.82) is 0 Å². The number of amides is 2. The largest absolute Gasteiger partial charge is 0.380 e. The minimum atomic E-state index is -1.93. The number of likely N-dealkylation sites (tertiary alicyclic amines) is 1. The van der Waals surface area contributed by atoms with Gasteiger partial charge in [-0.25, -0.2) is 9.67 Å². The van der Waals surface area contributed by atoms with Crippen LogP contribution in [0.1, 0.15) is 37.2 Å². The Morgan fingerprint density at radius 2 is 1.92 bits per heavy atom. The molecular formula is C28H32N6O4S. The Morgan fingerprint density at radius 1 is 1.15 bits per heavy atom. The summed E-state index contributed by atoms with van der Waals surface area (Å²) in [4.78, 5) is 32.6. The first-order chi connectivity index (χ1) is 18.9. The normalized spacial score (nSPS) is 22.3. The van der Waals surface area contributed by atoms with Gasteiger partial charge >= 0.3 is 0 Å². The fraction of sp³-hybridized carbons (Fsp3) is 0.357. The van der Waals surface area contributed by atoms with Gasteiger partial charge < -0.3 is 25.7 Å². The van der Waals surface area contributed by atoms with Crippen molar-refractivity contribution in [3.63, 3.8) is 0 Å². The van der Waals surface area contributed by atoms with Gasteiger partial charge in [0.15, 0.2) is 17.3 Å². The first-order valence-corrected chi connectivity index (χ1v) is 13.9. The Bertz CT molecular complexity index is 1350. The third kappa shape index (κ3) is 5.51. The maximum Gasteiger partial charge on any atom is 0.255 e. The highest BCUT2D eigenvalue weighted by Crippen LogP contribution is 2.44. The minimum absolute atomic E-state index is 0.0153. The number of thiazole rings is 1. The molecule has 39 heavy (non-hydrogen) atoms. The maximum absolute atomic E-state index is 13.5. The van der Waals surface area contributed by atoms with E-state index in [0.717, 1.165) is 28.6 Å². The van der Waals surface area contributed by atoms with E-state index >= 15 is 0 Å². The predicted octanol–water partition coefficient (Wildman–Crippen LogP) is 2.60. The Kier molecular flexibility index (Phi) is 7.92. The lowest BCUT2D eigenvalue weighted by Gasteiger charge is -2.29. The quantitative estimate of drug-likeness (QED) is 0.323. The predicted molar refractivity (Wildman–Crippen MR) is 148 cm³/mol. The molecule has 0 radical (unpaired) electrons. The maximum atomic E-state index is 13.5. The van der Waals surface area contributed by atoms with Gasteiger partial charge in [0.25, 0.3) is 11.8 Å². The number of allylic oxidation sites excluding steroid dienone is 2. The van der Waals surface area contributed by atoms with Gasteiger partial charge in [0.1, 0.15) is 0 Å². The van der Waals surface area contributed by atoms with E-state index in [4.69, 9.17) is 0 Å². The average Bonchev–Trinajstić information content (AvgIpc) is 3.72. The molecule has 3 heterocycles. The van der Waals surface area contributed by atoms with Crippen molar-refractivity contribution in [3.8, 4) is 5.69 Å². The molecule has 1 fully saturated rings. The van der Waals surface area contributed by atoms with Gasteiger partial charge in [0, 0.05) is 42.7 Å². The van der Waals surface area contributed by atoms with E-state index in [-0.39, 0.29) is 11.8 Å². The van der Waals surface area contributed by atoms with Crippen LogP contribution < -0.4 is 10.6 Å². The standard InChI is InChI=1S/C28H32N6O4S/c1-3-29-28-32-22(16-39-28)23-21-8-5-4-7-19(21)15-33(23)27(38)25(36)24(35)26(37)31-17(2)18-9-11-20(12-10-18)34-14-6-13-30-34/h4-14,16-17,19,21,23-25,35-36H,3,15H2,1-2H3,(H,29,32)(H,31,37)/t17-,19?,21?,23+,24-,25-/m1/s1. The van der Waals surface area contributed by atoms with Gasteiger partial charge in [-0.05, 0) is 37.6 Å². The number of carbonyl (C=O) groups is 2. The first-order valence-electron chi connectivity index (χ1n) is 13.0. The van der Waals surface area contributed by atoms with Crippen LogP contribution in [0.15, 0.2) is 72.4 Å². The Labute approximate surface area is 230 Å². The second kappa shape index (κ2) is 11.5. The minimum Gasteiger partial charge on any atom is -0.380 e. The SMILES string of the molecule is CCNc1nc([C@@H]2C3C=CC=CC3CN2C(=O)[C@H](O)[C@@H](O)C(=O)N[C@H](C)c2ccc(-n3cccn3)cc2)cs1. The highest BCUT2D eigenvalue weighted by Gasteiger charge is 2.47. The Balaban J connectivity index is 1.27. The molecule has 2 aliphatic rings. The van der Waals surface area contributed by atoms with Crippen LogP contribution in [0, 0.1) is 11.8 Å². The summed E-state index contributed by atoms with van der Waals surface area (Å²) in [5.41, 5.74) is 2.39. The van der Waals surface area contributed by atoms with Crippen LogP contribution in [0.2, 0.25) is 0 Å². The molecule has 6 atom stereocenters. The number of fused-ring (bicyclic) bond motifs is 1. The number of hydrogen-bond donors (Lipinski definition) is 4. The van der Waals surface area contributed by atoms with Gasteiger partial charge in [0.2, 0.25) is 0 Å². The molecule has 11 heteroatoms. The number of aliphatic hydroxyl groups is 2. The third-order valence-corrected chi connectivity index (χ3v) is 8.00. The first kappa shape index (κ1) is 26.8. The molecular weight excluding hydrogens is 516 g/mol. The number of carbonyl (C=O) groups excluding carboxylic acids is 2. The summed E-state index contributed by atoms with van der Waals surface area (Å²) in [6.07, 6.45) is 7.65. The van der Waals surface area contributed by atoms with Gasteiger partial charge in [-0.15, -0.1) is 11.3 Å². The van der Waals surface area contributed by atoms with E-state index in [0.29, 0.717) is 6.54 Å². The van der Waals surface area contributed by atoms with E-state index in [2.05, 4.69) is 20.7 Å². The molecule has 0 bridgehead atoms. The van der Waals surface area contributed by atoms with Crippen molar-refractivity contribution < 1.29 is 19.8 Å². The number of benzene rings is 1. The van der Waals surface area contributed by atoms with Crippen molar-refractivity contribution in [2.75, 3.05) is 18.4 Å². The van der Waals surface area contributed by atoms with E-state index in [1.807, 2.05) is 73.1 Å². The van der Waals surface area contributed by atoms with Crippen LogP contribution in [0.5, 0.6) is 0 Å². The molecule has 2 amide bonds. The Hall–Kier alpha value is -3.80. The zero-order valence-corrected chi connectivity index (χ0v) is 22.5. The van der Waals surface area contributed by atoms with Crippen LogP contribution in [0.25, 0.3) is 5.69 Å². The van der Waals surface area contributed by atoms with Crippen LogP contribution in [-0.4, -0.2) is 67.0 Å². The lowest BCUT2D eigenvalue weighted by atomic mass is 9.86. The van der Waals surface area contributed by atoms with E-state index < -0.39 is 36.1 Å². The van der Waals surface area contributed by atoms with Gasteiger partial charge in [-0.1, -0.05) is 36.4 Å². The summed E-state index contributed by atoms with van der Waals surface area (Å²) in [5.74, 6) is -1.49. The molecule has 5 rings (SSSR count).